The van der Waals surface area contributed by atoms with Crippen LogP contribution in [0.15, 0.2) is 87.5 Å². The standard InChI is InChI=1S/C19H12ClF3O3S2/c20-13-9-11-14(12-10-13)27(26-28(24,25)19(21,22)23)17-7-3-1-5-15(17)16-6-2-4-8-18(16)27/h1-12H. The van der Waals surface area contributed by atoms with Crippen molar-refractivity contribution in [2.75, 3.05) is 0 Å². The lowest BCUT2D eigenvalue weighted by Gasteiger charge is -2.36. The second-order valence-electron chi connectivity index (χ2n) is 5.97. The average Bonchev–Trinajstić information content (AvgIpc) is 2.93. The second-order valence-corrected chi connectivity index (χ2v) is 10.8. The maximum absolute atomic E-state index is 13.3. The summed E-state index contributed by atoms with van der Waals surface area (Å²) < 4.78 is 69.2. The highest BCUT2D eigenvalue weighted by atomic mass is 35.5. The van der Waals surface area contributed by atoms with Crippen LogP contribution in [0.4, 0.5) is 13.2 Å². The van der Waals surface area contributed by atoms with Gasteiger partial charge in [-0.05, 0) is 57.8 Å². The van der Waals surface area contributed by atoms with Crippen LogP contribution in [0.1, 0.15) is 0 Å². The molecule has 28 heavy (non-hydrogen) atoms. The van der Waals surface area contributed by atoms with Crippen LogP contribution in [0, 0.1) is 0 Å². The molecular formula is C19H12ClF3O3S2. The Balaban J connectivity index is 2.09. The lowest BCUT2D eigenvalue weighted by Crippen LogP contribution is -2.27. The summed E-state index contributed by atoms with van der Waals surface area (Å²) in [6.45, 7) is 0. The molecule has 0 atom stereocenters. The third-order valence-corrected chi connectivity index (χ3v) is 9.54. The van der Waals surface area contributed by atoms with E-state index in [2.05, 4.69) is 0 Å². The third kappa shape index (κ3) is 2.83. The van der Waals surface area contributed by atoms with E-state index < -0.39 is 25.9 Å². The van der Waals surface area contributed by atoms with Gasteiger partial charge in [0.25, 0.3) is 0 Å². The van der Waals surface area contributed by atoms with Gasteiger partial charge in [0.15, 0.2) is 0 Å². The Labute approximate surface area is 166 Å². The minimum atomic E-state index is -5.88. The van der Waals surface area contributed by atoms with E-state index in [1.165, 1.54) is 24.3 Å². The molecule has 0 bridgehead atoms. The molecule has 0 saturated carbocycles. The molecule has 0 aromatic heterocycles. The smallest absolute Gasteiger partial charge is 0.200 e. The Morgan fingerprint density at radius 1 is 0.786 bits per heavy atom. The Bertz CT molecular complexity index is 1110. The summed E-state index contributed by atoms with van der Waals surface area (Å²) in [5.74, 6) is 0. The summed E-state index contributed by atoms with van der Waals surface area (Å²) in [5, 5.41) is 0.372. The van der Waals surface area contributed by atoms with Crippen LogP contribution in [-0.4, -0.2) is 13.9 Å². The molecule has 146 valence electrons. The first kappa shape index (κ1) is 19.3. The summed E-state index contributed by atoms with van der Waals surface area (Å²) in [4.78, 5) is 1.10. The molecule has 0 aliphatic carbocycles. The van der Waals surface area contributed by atoms with Gasteiger partial charge in [0.1, 0.15) is 0 Å². The van der Waals surface area contributed by atoms with E-state index in [0.717, 1.165) is 0 Å². The highest BCUT2D eigenvalue weighted by molar-refractivity contribution is 8.33. The molecule has 3 aromatic rings. The van der Waals surface area contributed by atoms with Crippen LogP contribution < -0.4 is 0 Å². The number of halogens is 4. The molecule has 0 saturated heterocycles. The lowest BCUT2D eigenvalue weighted by atomic mass is 10.1. The number of benzene rings is 3. The Hall–Kier alpha value is -2.00. The zero-order valence-electron chi connectivity index (χ0n) is 14.0. The SMILES string of the molecule is O=S(=O)(OS1(c2ccc(Cl)cc2)c2ccccc2-c2ccccc21)C(F)(F)F. The molecule has 0 N–H and O–H groups in total. The maximum Gasteiger partial charge on any atom is 0.524 e. The predicted molar refractivity (Wildman–Crippen MR) is 102 cm³/mol. The van der Waals surface area contributed by atoms with E-state index in [9.17, 15) is 21.6 Å². The molecule has 1 aliphatic heterocycles. The number of rotatable bonds is 3. The van der Waals surface area contributed by atoms with Crippen molar-refractivity contribution in [2.24, 2.45) is 0 Å². The third-order valence-electron chi connectivity index (χ3n) is 4.30. The van der Waals surface area contributed by atoms with E-state index in [0.29, 0.717) is 30.8 Å². The van der Waals surface area contributed by atoms with Gasteiger partial charge in [0.2, 0.25) is 0 Å². The summed E-state index contributed by atoms with van der Waals surface area (Å²) in [6.07, 6.45) is 0. The minimum Gasteiger partial charge on any atom is -0.200 e. The first-order valence-corrected chi connectivity index (χ1v) is 11.3. The molecule has 3 aromatic carbocycles. The van der Waals surface area contributed by atoms with Gasteiger partial charge in [0, 0.05) is 19.7 Å². The maximum atomic E-state index is 13.3. The Morgan fingerprint density at radius 3 is 1.71 bits per heavy atom. The molecule has 3 nitrogen and oxygen atoms in total. The molecule has 0 unspecified atom stereocenters. The molecule has 0 spiro atoms. The normalized spacial score (nSPS) is 16.3. The van der Waals surface area contributed by atoms with Gasteiger partial charge in [-0.1, -0.05) is 48.0 Å². The molecule has 0 amide bonds. The summed E-state index contributed by atoms with van der Waals surface area (Å²) in [5.41, 5.74) is -4.27. The molecular weight excluding hydrogens is 433 g/mol. The van der Waals surface area contributed by atoms with Crippen molar-refractivity contribution in [3.8, 4) is 11.1 Å². The van der Waals surface area contributed by atoms with Gasteiger partial charge < -0.3 is 0 Å². The van der Waals surface area contributed by atoms with Gasteiger partial charge in [-0.2, -0.15) is 25.2 Å². The lowest BCUT2D eigenvalue weighted by molar-refractivity contribution is -0.0496. The monoisotopic (exact) mass is 444 g/mol. The largest absolute Gasteiger partial charge is 0.524 e. The summed E-state index contributed by atoms with van der Waals surface area (Å²) >= 11 is 5.94. The highest BCUT2D eigenvalue weighted by Crippen LogP contribution is 2.77. The first-order valence-electron chi connectivity index (χ1n) is 7.97. The van der Waals surface area contributed by atoms with E-state index in [1.807, 2.05) is 0 Å². The van der Waals surface area contributed by atoms with E-state index in [4.69, 9.17) is 15.2 Å². The fourth-order valence-corrected chi connectivity index (χ4v) is 8.35. The Kier molecular flexibility index (Phi) is 4.50. The van der Waals surface area contributed by atoms with Gasteiger partial charge in [-0.3, -0.25) is 0 Å². The van der Waals surface area contributed by atoms with Crippen molar-refractivity contribution in [2.45, 2.75) is 20.2 Å². The Morgan fingerprint density at radius 2 is 1.25 bits per heavy atom. The zero-order valence-corrected chi connectivity index (χ0v) is 16.4. The first-order chi connectivity index (χ1) is 13.2. The van der Waals surface area contributed by atoms with Crippen molar-refractivity contribution >= 4 is 32.0 Å². The van der Waals surface area contributed by atoms with Crippen LogP contribution in [0.5, 0.6) is 0 Å². The fourth-order valence-electron chi connectivity index (χ4n) is 3.16. The van der Waals surface area contributed by atoms with Crippen molar-refractivity contribution in [1.82, 2.24) is 0 Å². The van der Waals surface area contributed by atoms with Crippen LogP contribution in [0.2, 0.25) is 5.02 Å². The van der Waals surface area contributed by atoms with E-state index in [-0.39, 0.29) is 0 Å². The van der Waals surface area contributed by atoms with Crippen molar-refractivity contribution in [3.63, 3.8) is 0 Å². The highest BCUT2D eigenvalue weighted by Gasteiger charge is 2.54. The van der Waals surface area contributed by atoms with Gasteiger partial charge in [0.05, 0.1) is 0 Å². The van der Waals surface area contributed by atoms with Crippen LogP contribution in [0.25, 0.3) is 11.1 Å². The van der Waals surface area contributed by atoms with Crippen LogP contribution >= 0.6 is 21.9 Å². The van der Waals surface area contributed by atoms with Crippen LogP contribution in [0.3, 0.4) is 0 Å². The average molecular weight is 445 g/mol. The van der Waals surface area contributed by atoms with Crippen molar-refractivity contribution in [3.05, 3.63) is 77.8 Å². The number of fused-ring (bicyclic) bond motifs is 3. The minimum absolute atomic E-state index is 0.308. The van der Waals surface area contributed by atoms with Gasteiger partial charge >= 0.3 is 15.6 Å². The van der Waals surface area contributed by atoms with E-state index >= 15 is 0 Å². The second kappa shape index (κ2) is 6.52. The molecule has 0 fully saturated rings. The molecule has 0 radical (unpaired) electrons. The van der Waals surface area contributed by atoms with Crippen molar-refractivity contribution in [1.29, 1.82) is 0 Å². The van der Waals surface area contributed by atoms with E-state index in [1.54, 1.807) is 48.5 Å². The van der Waals surface area contributed by atoms with Gasteiger partial charge in [-0.15, -0.1) is 0 Å². The molecule has 1 heterocycles. The van der Waals surface area contributed by atoms with Gasteiger partial charge in [-0.25, -0.2) is 0 Å². The summed E-state index contributed by atoms with van der Waals surface area (Å²) in [6, 6.07) is 19.5. The number of alkyl halides is 3. The topological polar surface area (TPSA) is 43.4 Å². The summed E-state index contributed by atoms with van der Waals surface area (Å²) in [7, 11) is -9.06. The van der Waals surface area contributed by atoms with Crippen LogP contribution in [-0.2, 0) is 13.7 Å². The quantitative estimate of drug-likeness (QED) is 0.440. The zero-order chi connectivity index (χ0) is 20.2. The predicted octanol–water partition coefficient (Wildman–Crippen LogP) is 6.38. The fraction of sp³-hybridized carbons (Fsp3) is 0.0526. The molecule has 9 heteroatoms. The number of hydrogen-bond donors (Lipinski definition) is 0. The molecule has 1 aliphatic rings. The molecule has 4 rings (SSSR count). The van der Waals surface area contributed by atoms with Crippen molar-refractivity contribution < 1.29 is 25.2 Å². The number of hydrogen-bond acceptors (Lipinski definition) is 3.